The van der Waals surface area contributed by atoms with Crippen molar-refractivity contribution in [2.75, 3.05) is 18.5 Å². The summed E-state index contributed by atoms with van der Waals surface area (Å²) in [5, 5.41) is 1.11. The van der Waals surface area contributed by atoms with Crippen molar-refractivity contribution in [1.29, 1.82) is 0 Å². The largest absolute Gasteiger partial charge is 0.353 e. The monoisotopic (exact) mass is 420 g/mol. The Morgan fingerprint density at radius 3 is 1.48 bits per heavy atom. The van der Waals surface area contributed by atoms with Crippen molar-refractivity contribution in [2.45, 2.75) is 123 Å². The number of hydrogen-bond acceptors (Lipinski definition) is 2. The van der Waals surface area contributed by atoms with E-state index in [9.17, 15) is 0 Å². The van der Waals surface area contributed by atoms with Crippen molar-refractivity contribution in [3.05, 3.63) is 0 Å². The molecule has 0 saturated carbocycles. The van der Waals surface area contributed by atoms with E-state index >= 15 is 0 Å². The van der Waals surface area contributed by atoms with Gasteiger partial charge in [-0.2, -0.15) is 0 Å². The number of unbranched alkanes of at least 4 members (excludes halogenated alkanes) is 12. The first-order valence-electron chi connectivity index (χ1n) is 11.1. The summed E-state index contributed by atoms with van der Waals surface area (Å²) in [6, 6.07) is 0. The van der Waals surface area contributed by atoms with E-state index in [1.54, 1.807) is 0 Å². The molecule has 0 saturated heterocycles. The standard InChI is InChI=1S/C22H45BrO2/c1-3-5-7-9-11-16-20-24-22(18-14-13-15-19-23)25-21-17-12-10-8-6-4-2/h22H,3-21H2,1-2H3. The molecular weight excluding hydrogens is 376 g/mol. The summed E-state index contributed by atoms with van der Waals surface area (Å²) in [7, 11) is 0. The van der Waals surface area contributed by atoms with Gasteiger partial charge in [0.1, 0.15) is 0 Å². The maximum absolute atomic E-state index is 6.04. The lowest BCUT2D eigenvalue weighted by molar-refractivity contribution is -0.148. The minimum Gasteiger partial charge on any atom is -0.353 e. The summed E-state index contributed by atoms with van der Waals surface area (Å²) in [5.74, 6) is 0. The third kappa shape index (κ3) is 20.6. The van der Waals surface area contributed by atoms with Crippen LogP contribution in [-0.4, -0.2) is 24.8 Å². The van der Waals surface area contributed by atoms with Gasteiger partial charge in [-0.3, -0.25) is 0 Å². The summed E-state index contributed by atoms with van der Waals surface area (Å²) in [5.41, 5.74) is 0. The second-order valence-electron chi connectivity index (χ2n) is 7.24. The van der Waals surface area contributed by atoms with Crippen LogP contribution in [0.4, 0.5) is 0 Å². The molecule has 0 aliphatic heterocycles. The first-order valence-corrected chi connectivity index (χ1v) is 12.3. The average molecular weight is 422 g/mol. The van der Waals surface area contributed by atoms with Crippen LogP contribution in [0.5, 0.6) is 0 Å². The van der Waals surface area contributed by atoms with Gasteiger partial charge in [0, 0.05) is 18.5 Å². The smallest absolute Gasteiger partial charge is 0.157 e. The van der Waals surface area contributed by atoms with Gasteiger partial charge in [0.2, 0.25) is 0 Å². The molecule has 25 heavy (non-hydrogen) atoms. The van der Waals surface area contributed by atoms with Gasteiger partial charge in [0.25, 0.3) is 0 Å². The molecule has 0 spiro atoms. The molecule has 3 heteroatoms. The molecule has 0 heterocycles. The molecule has 0 aromatic rings. The first-order chi connectivity index (χ1) is 12.3. The maximum Gasteiger partial charge on any atom is 0.157 e. The van der Waals surface area contributed by atoms with E-state index in [1.807, 2.05) is 0 Å². The minimum absolute atomic E-state index is 0.0293. The molecule has 152 valence electrons. The summed E-state index contributed by atoms with van der Waals surface area (Å²) in [4.78, 5) is 0. The van der Waals surface area contributed by atoms with Gasteiger partial charge in [-0.15, -0.1) is 0 Å². The lowest BCUT2D eigenvalue weighted by Crippen LogP contribution is -2.19. The Morgan fingerprint density at radius 2 is 1.00 bits per heavy atom. The van der Waals surface area contributed by atoms with Gasteiger partial charge in [0.15, 0.2) is 6.29 Å². The summed E-state index contributed by atoms with van der Waals surface area (Å²) in [6.45, 7) is 6.27. The van der Waals surface area contributed by atoms with E-state index in [0.717, 1.165) is 25.0 Å². The Bertz CT molecular complexity index is 218. The van der Waals surface area contributed by atoms with Crippen LogP contribution in [0.3, 0.4) is 0 Å². The topological polar surface area (TPSA) is 18.5 Å². The Kier molecular flexibility index (Phi) is 22.8. The highest BCUT2D eigenvalue weighted by Gasteiger charge is 2.09. The summed E-state index contributed by atoms with van der Waals surface area (Å²) in [6.07, 6.45) is 20.6. The Balaban J connectivity index is 3.71. The lowest BCUT2D eigenvalue weighted by atomic mass is 10.1. The highest BCUT2D eigenvalue weighted by Crippen LogP contribution is 2.13. The van der Waals surface area contributed by atoms with Gasteiger partial charge >= 0.3 is 0 Å². The van der Waals surface area contributed by atoms with E-state index < -0.39 is 0 Å². The molecule has 0 aliphatic carbocycles. The Morgan fingerprint density at radius 1 is 0.560 bits per heavy atom. The van der Waals surface area contributed by atoms with Crippen molar-refractivity contribution < 1.29 is 9.47 Å². The SMILES string of the molecule is CCCCCCCCOC(CCCCCBr)OCCCCCCCC. The van der Waals surface area contributed by atoms with E-state index in [4.69, 9.17) is 9.47 Å². The second kappa shape index (κ2) is 22.4. The van der Waals surface area contributed by atoms with Gasteiger partial charge < -0.3 is 9.47 Å². The number of rotatable bonds is 21. The molecular formula is C22H45BrO2. The minimum atomic E-state index is 0.0293. The van der Waals surface area contributed by atoms with Crippen LogP contribution < -0.4 is 0 Å². The van der Waals surface area contributed by atoms with Crippen LogP contribution in [0.25, 0.3) is 0 Å². The average Bonchev–Trinajstić information content (AvgIpc) is 2.63. The molecule has 0 radical (unpaired) electrons. The van der Waals surface area contributed by atoms with Crippen LogP contribution in [0.1, 0.15) is 117 Å². The van der Waals surface area contributed by atoms with E-state index in [2.05, 4.69) is 29.8 Å². The number of ether oxygens (including phenoxy) is 2. The molecule has 2 nitrogen and oxygen atoms in total. The van der Waals surface area contributed by atoms with Crippen LogP contribution in [-0.2, 0) is 9.47 Å². The maximum atomic E-state index is 6.04. The van der Waals surface area contributed by atoms with Crippen LogP contribution >= 0.6 is 15.9 Å². The molecule has 0 aromatic carbocycles. The number of halogens is 1. The van der Waals surface area contributed by atoms with Gasteiger partial charge in [0.05, 0.1) is 0 Å². The predicted octanol–water partition coefficient (Wildman–Crippen LogP) is 8.02. The summed E-state index contributed by atoms with van der Waals surface area (Å²) >= 11 is 3.51. The van der Waals surface area contributed by atoms with Crippen LogP contribution in [0.2, 0.25) is 0 Å². The fourth-order valence-electron chi connectivity index (χ4n) is 2.99. The molecule has 0 aliphatic rings. The fourth-order valence-corrected chi connectivity index (χ4v) is 3.39. The molecule has 0 bridgehead atoms. The normalized spacial score (nSPS) is 11.5. The van der Waals surface area contributed by atoms with Crippen molar-refractivity contribution in [2.24, 2.45) is 0 Å². The van der Waals surface area contributed by atoms with Gasteiger partial charge in [-0.05, 0) is 32.1 Å². The number of alkyl halides is 1. The molecule has 0 N–H and O–H groups in total. The van der Waals surface area contributed by atoms with E-state index in [1.165, 1.54) is 96.3 Å². The molecule has 0 unspecified atom stereocenters. The molecule has 0 aromatic heterocycles. The number of hydrogen-bond donors (Lipinski definition) is 0. The third-order valence-electron chi connectivity index (χ3n) is 4.68. The quantitative estimate of drug-likeness (QED) is 0.106. The van der Waals surface area contributed by atoms with Crippen molar-refractivity contribution in [1.82, 2.24) is 0 Å². The van der Waals surface area contributed by atoms with E-state index in [-0.39, 0.29) is 6.29 Å². The predicted molar refractivity (Wildman–Crippen MR) is 115 cm³/mol. The molecule has 0 atom stereocenters. The zero-order valence-corrected chi connectivity index (χ0v) is 18.8. The van der Waals surface area contributed by atoms with Crippen LogP contribution in [0.15, 0.2) is 0 Å². The molecule has 0 fully saturated rings. The van der Waals surface area contributed by atoms with Crippen molar-refractivity contribution in [3.63, 3.8) is 0 Å². The van der Waals surface area contributed by atoms with Gasteiger partial charge in [-0.1, -0.05) is 100 Å². The van der Waals surface area contributed by atoms with Crippen molar-refractivity contribution in [3.8, 4) is 0 Å². The van der Waals surface area contributed by atoms with E-state index in [0.29, 0.717) is 0 Å². The zero-order chi connectivity index (χ0) is 18.4. The first kappa shape index (κ1) is 25.4. The molecule has 0 rings (SSSR count). The lowest BCUT2D eigenvalue weighted by Gasteiger charge is -2.19. The van der Waals surface area contributed by atoms with Crippen molar-refractivity contribution >= 4 is 15.9 Å². The van der Waals surface area contributed by atoms with Gasteiger partial charge in [-0.25, -0.2) is 0 Å². The third-order valence-corrected chi connectivity index (χ3v) is 5.24. The highest BCUT2D eigenvalue weighted by atomic mass is 79.9. The second-order valence-corrected chi connectivity index (χ2v) is 8.04. The molecule has 0 amide bonds. The summed E-state index contributed by atoms with van der Waals surface area (Å²) < 4.78 is 12.1. The zero-order valence-electron chi connectivity index (χ0n) is 17.2. The Labute approximate surface area is 166 Å². The highest BCUT2D eigenvalue weighted by molar-refractivity contribution is 9.09. The fraction of sp³-hybridized carbons (Fsp3) is 1.00. The Hall–Kier alpha value is 0.400. The van der Waals surface area contributed by atoms with Crippen LogP contribution in [0, 0.1) is 0 Å².